The van der Waals surface area contributed by atoms with Crippen molar-refractivity contribution >= 4 is 88.0 Å². The van der Waals surface area contributed by atoms with Gasteiger partial charge in [-0.15, -0.1) is 0 Å². The SMILES string of the molecule is C=C/C=C\C1=C(C)c2cc3c4c(-n5c6ccccc6c6ccccc65)cccc4n(-c4cc(C#N)c(-n5c6c(c7cc8c(cc75)C(C)(C)c5ccccc5-8)C(n5c7ccccc7c7ccccc75)CC=C6)cc4C#N)c3cc2C1(C)C. The quantitative estimate of drug-likeness (QED) is 0.156. The molecule has 0 spiro atoms. The van der Waals surface area contributed by atoms with Gasteiger partial charge in [0.05, 0.1) is 67.5 Å². The average molecular weight is 1040 g/mol. The first-order chi connectivity index (χ1) is 39.5. The second-order valence-electron chi connectivity index (χ2n) is 23.4. The Morgan fingerprint density at radius 2 is 1.02 bits per heavy atom. The molecule has 16 rings (SSSR count). The number of hydrogen-bond donors (Lipinski definition) is 0. The number of hydrogen-bond acceptors (Lipinski definition) is 2. The van der Waals surface area contributed by atoms with Crippen LogP contribution in [-0.4, -0.2) is 18.3 Å². The van der Waals surface area contributed by atoms with E-state index in [0.29, 0.717) is 22.5 Å². The van der Waals surface area contributed by atoms with Gasteiger partial charge < -0.3 is 18.3 Å². The first-order valence-electron chi connectivity index (χ1n) is 28.1. The predicted octanol–water partition coefficient (Wildman–Crippen LogP) is 18.8. The summed E-state index contributed by atoms with van der Waals surface area (Å²) in [7, 11) is 0. The lowest BCUT2D eigenvalue weighted by Crippen LogP contribution is -2.16. The van der Waals surface area contributed by atoms with E-state index in [1.54, 1.807) is 0 Å². The van der Waals surface area contributed by atoms with Crippen molar-refractivity contribution in [2.75, 3.05) is 0 Å². The molecular formula is C75H54N6. The van der Waals surface area contributed by atoms with E-state index in [1.807, 2.05) is 24.3 Å². The molecule has 0 bridgehead atoms. The van der Waals surface area contributed by atoms with Gasteiger partial charge in [0.2, 0.25) is 0 Å². The second-order valence-corrected chi connectivity index (χ2v) is 23.4. The summed E-state index contributed by atoms with van der Waals surface area (Å²) in [6.07, 6.45) is 11.4. The fourth-order valence-electron chi connectivity index (χ4n) is 15.2. The number of allylic oxidation sites excluding steroid dienone is 6. The Kier molecular flexibility index (Phi) is 9.67. The van der Waals surface area contributed by atoms with Crippen molar-refractivity contribution in [1.82, 2.24) is 18.3 Å². The molecule has 0 fully saturated rings. The van der Waals surface area contributed by atoms with Gasteiger partial charge in [0.1, 0.15) is 12.1 Å². The van der Waals surface area contributed by atoms with Gasteiger partial charge in [0.15, 0.2) is 0 Å². The third-order valence-electron chi connectivity index (χ3n) is 18.8. The maximum Gasteiger partial charge on any atom is 0.101 e. The van der Waals surface area contributed by atoms with E-state index < -0.39 is 0 Å². The molecule has 1 atom stereocenters. The van der Waals surface area contributed by atoms with Crippen LogP contribution in [0.15, 0.2) is 212 Å². The average Bonchev–Trinajstić information content (AvgIpc) is 2.36. The summed E-state index contributed by atoms with van der Waals surface area (Å²) in [5.41, 5.74) is 22.4. The molecule has 0 radical (unpaired) electrons. The highest BCUT2D eigenvalue weighted by atomic mass is 15.1. The van der Waals surface area contributed by atoms with E-state index in [4.69, 9.17) is 0 Å². The molecule has 0 amide bonds. The Bertz CT molecular complexity index is 5100. The zero-order valence-electron chi connectivity index (χ0n) is 45.8. The largest absolute Gasteiger partial charge is 0.332 e. The lowest BCUT2D eigenvalue weighted by Gasteiger charge is -2.25. The predicted molar refractivity (Wildman–Crippen MR) is 335 cm³/mol. The van der Waals surface area contributed by atoms with Gasteiger partial charge in [-0.05, 0) is 137 Å². The Hall–Kier alpha value is -10.1. The molecule has 81 heavy (non-hydrogen) atoms. The second kappa shape index (κ2) is 16.7. The normalized spacial score (nSPS) is 15.9. The molecule has 3 aliphatic carbocycles. The van der Waals surface area contributed by atoms with Gasteiger partial charge in [0.25, 0.3) is 0 Å². The molecule has 0 saturated carbocycles. The molecule has 3 aliphatic rings. The molecule has 4 aromatic heterocycles. The lowest BCUT2D eigenvalue weighted by atomic mass is 9.80. The summed E-state index contributed by atoms with van der Waals surface area (Å²) >= 11 is 0. The van der Waals surface area contributed by atoms with Crippen LogP contribution in [-0.2, 0) is 10.8 Å². The monoisotopic (exact) mass is 1040 g/mol. The Balaban J connectivity index is 0.994. The standard InChI is InChI=1S/C75H54N6/c1-7-8-26-56-44(2)52-38-54-70(40-58(52)74(56,3)4)80(66-34-19-32-64(72(54)66)78-60-28-15-10-22-48(60)49-23-11-16-29-61(49)78)68-36-46(43-77)69(37-45(68)42-76)81-67-35-20-33-65(79-62-30-17-12-24-50(62)51-25-13-18-31-63(51)79)73(67)55-39-53-47-21-9-14-27-57(47)75(5,6)59(53)41-71(55)81/h7-32,34-41,65H,1,33H2,2-6H3/b26-8-. The van der Waals surface area contributed by atoms with Crippen LogP contribution < -0.4 is 0 Å². The molecule has 6 nitrogen and oxygen atoms in total. The number of nitriles is 2. The molecule has 1 unspecified atom stereocenters. The molecule has 13 aromatic rings. The van der Waals surface area contributed by atoms with Gasteiger partial charge in [-0.25, -0.2) is 0 Å². The molecule has 384 valence electrons. The summed E-state index contributed by atoms with van der Waals surface area (Å²) in [6.45, 7) is 15.5. The van der Waals surface area contributed by atoms with E-state index in [2.05, 4.69) is 254 Å². The van der Waals surface area contributed by atoms with Crippen molar-refractivity contribution in [2.45, 2.75) is 57.9 Å². The minimum absolute atomic E-state index is 0.0697. The summed E-state index contributed by atoms with van der Waals surface area (Å²) in [5, 5.41) is 31.7. The van der Waals surface area contributed by atoms with Crippen LogP contribution >= 0.6 is 0 Å². The van der Waals surface area contributed by atoms with Crippen LogP contribution in [0.5, 0.6) is 0 Å². The summed E-state index contributed by atoms with van der Waals surface area (Å²) in [6, 6.07) is 69.2. The third-order valence-corrected chi connectivity index (χ3v) is 18.8. The van der Waals surface area contributed by atoms with Crippen LogP contribution in [0.2, 0.25) is 0 Å². The van der Waals surface area contributed by atoms with Crippen molar-refractivity contribution < 1.29 is 0 Å². The molecule has 0 saturated heterocycles. The minimum atomic E-state index is -0.334. The topological polar surface area (TPSA) is 67.3 Å². The van der Waals surface area contributed by atoms with Gasteiger partial charge in [-0.2, -0.15) is 10.5 Å². The molecule has 0 aliphatic heterocycles. The van der Waals surface area contributed by atoms with Crippen LogP contribution in [0.4, 0.5) is 0 Å². The third kappa shape index (κ3) is 6.14. The summed E-state index contributed by atoms with van der Waals surface area (Å²) in [4.78, 5) is 0. The van der Waals surface area contributed by atoms with Crippen LogP contribution in [0.25, 0.3) is 116 Å². The minimum Gasteiger partial charge on any atom is -0.332 e. The summed E-state index contributed by atoms with van der Waals surface area (Å²) < 4.78 is 9.52. The molecule has 9 aromatic carbocycles. The zero-order chi connectivity index (χ0) is 54.8. The van der Waals surface area contributed by atoms with Crippen LogP contribution in [0, 0.1) is 22.7 Å². The number of nitrogens with zero attached hydrogens (tertiary/aromatic N) is 6. The van der Waals surface area contributed by atoms with E-state index >= 15 is 0 Å². The number of fused-ring (bicyclic) bond motifs is 16. The maximum absolute atomic E-state index is 11.8. The van der Waals surface area contributed by atoms with Crippen LogP contribution in [0.1, 0.15) is 91.7 Å². The highest BCUT2D eigenvalue weighted by molar-refractivity contribution is 6.18. The fourth-order valence-corrected chi connectivity index (χ4v) is 15.2. The van der Waals surface area contributed by atoms with E-state index in [9.17, 15) is 10.5 Å². The van der Waals surface area contributed by atoms with Gasteiger partial charge >= 0.3 is 0 Å². The summed E-state index contributed by atoms with van der Waals surface area (Å²) in [5.74, 6) is 0. The van der Waals surface area contributed by atoms with Crippen molar-refractivity contribution in [2.24, 2.45) is 0 Å². The zero-order valence-corrected chi connectivity index (χ0v) is 45.8. The Morgan fingerprint density at radius 1 is 0.494 bits per heavy atom. The number of rotatable bonds is 6. The Morgan fingerprint density at radius 3 is 1.67 bits per heavy atom. The van der Waals surface area contributed by atoms with E-state index in [0.717, 1.165) is 61.5 Å². The lowest BCUT2D eigenvalue weighted by molar-refractivity contribution is 0.627. The highest BCUT2D eigenvalue weighted by Gasteiger charge is 2.40. The van der Waals surface area contributed by atoms with Crippen molar-refractivity contribution in [3.63, 3.8) is 0 Å². The van der Waals surface area contributed by atoms with Gasteiger partial charge in [-0.3, -0.25) is 0 Å². The first-order valence-corrected chi connectivity index (χ1v) is 28.1. The Labute approximate surface area is 469 Å². The number of benzene rings is 9. The fraction of sp³-hybridized carbons (Fsp3) is 0.120. The molecule has 4 heterocycles. The van der Waals surface area contributed by atoms with E-state index in [1.165, 1.54) is 82.7 Å². The molecular weight excluding hydrogens is 985 g/mol. The molecule has 6 heteroatoms. The van der Waals surface area contributed by atoms with Crippen LogP contribution in [0.3, 0.4) is 0 Å². The van der Waals surface area contributed by atoms with Gasteiger partial charge in [0, 0.05) is 65.1 Å². The van der Waals surface area contributed by atoms with Crippen molar-refractivity contribution in [1.29, 1.82) is 10.5 Å². The van der Waals surface area contributed by atoms with Gasteiger partial charge in [-0.1, -0.05) is 162 Å². The molecule has 0 N–H and O–H groups in total. The van der Waals surface area contributed by atoms with E-state index in [-0.39, 0.29) is 16.9 Å². The van der Waals surface area contributed by atoms with Crippen molar-refractivity contribution in [3.05, 3.63) is 257 Å². The number of aromatic nitrogens is 4. The van der Waals surface area contributed by atoms with Crippen molar-refractivity contribution in [3.8, 4) is 40.3 Å². The number of para-hydroxylation sites is 4. The highest BCUT2D eigenvalue weighted by Crippen LogP contribution is 2.54. The maximum atomic E-state index is 11.8. The smallest absolute Gasteiger partial charge is 0.101 e. The first kappa shape index (κ1) is 46.9.